The summed E-state index contributed by atoms with van der Waals surface area (Å²) in [6.45, 7) is 0. The van der Waals surface area contributed by atoms with E-state index < -0.39 is 4.92 Å². The van der Waals surface area contributed by atoms with Crippen LogP contribution in [0.25, 0.3) is 38.2 Å². The Bertz CT molecular complexity index is 1410. The lowest BCUT2D eigenvalue weighted by molar-refractivity contribution is -0.383. The molecule has 0 unspecified atom stereocenters. The van der Waals surface area contributed by atoms with Crippen LogP contribution in [-0.4, -0.2) is 14.3 Å². The van der Waals surface area contributed by atoms with Crippen LogP contribution in [-0.2, 0) is 0 Å². The zero-order chi connectivity index (χ0) is 17.3. The van der Waals surface area contributed by atoms with E-state index in [4.69, 9.17) is 11.6 Å². The molecular weight excluding hydrogens is 342 g/mol. The van der Waals surface area contributed by atoms with Crippen LogP contribution < -0.4 is 5.56 Å². The highest BCUT2D eigenvalue weighted by Crippen LogP contribution is 2.34. The molecule has 3 aromatic carbocycles. The number of pyridine rings is 1. The Morgan fingerprint density at radius 2 is 1.76 bits per heavy atom. The van der Waals surface area contributed by atoms with Crippen molar-refractivity contribution in [3.05, 3.63) is 74.0 Å². The van der Waals surface area contributed by atoms with E-state index >= 15 is 0 Å². The van der Waals surface area contributed by atoms with Gasteiger partial charge in [0.25, 0.3) is 11.2 Å². The molecule has 5 rings (SSSR count). The second-order valence-corrected chi connectivity index (χ2v) is 6.21. The normalized spacial score (nSPS) is 11.9. The van der Waals surface area contributed by atoms with Crippen LogP contribution in [0.5, 0.6) is 0 Å². The smallest absolute Gasteiger partial charge is 0.268 e. The molecule has 0 aliphatic carbocycles. The maximum atomic E-state index is 13.1. The molecule has 7 heteroatoms. The number of nitro benzene ring substituents is 1. The van der Waals surface area contributed by atoms with Crippen molar-refractivity contribution >= 4 is 55.5 Å². The minimum atomic E-state index is -0.490. The van der Waals surface area contributed by atoms with Crippen molar-refractivity contribution in [2.45, 2.75) is 0 Å². The van der Waals surface area contributed by atoms with E-state index in [-0.39, 0.29) is 16.8 Å². The van der Waals surface area contributed by atoms with Gasteiger partial charge >= 0.3 is 0 Å². The number of aromatic nitrogens is 2. The summed E-state index contributed by atoms with van der Waals surface area (Å²) in [5.41, 5.74) is 0.632. The van der Waals surface area contributed by atoms with Crippen LogP contribution in [0.15, 0.2) is 53.3 Å². The van der Waals surface area contributed by atoms with Gasteiger partial charge in [-0.05, 0) is 18.2 Å². The molecule has 0 amide bonds. The molecule has 2 aromatic heterocycles. The molecule has 120 valence electrons. The predicted octanol–water partition coefficient (Wildman–Crippen LogP) is 4.15. The first-order valence-electron chi connectivity index (χ1n) is 7.50. The molecule has 2 heterocycles. The topological polar surface area (TPSA) is 77.5 Å². The largest absolute Gasteiger partial charge is 0.297 e. The van der Waals surface area contributed by atoms with Crippen molar-refractivity contribution in [3.63, 3.8) is 0 Å². The Hall–Kier alpha value is -3.25. The summed E-state index contributed by atoms with van der Waals surface area (Å²) in [6, 6.07) is 13.5. The van der Waals surface area contributed by atoms with E-state index in [1.54, 1.807) is 24.3 Å². The van der Waals surface area contributed by atoms with Crippen LogP contribution in [0.3, 0.4) is 0 Å². The highest BCUT2D eigenvalue weighted by Gasteiger charge is 2.21. The molecule has 0 aliphatic heterocycles. The van der Waals surface area contributed by atoms with Crippen molar-refractivity contribution in [2.75, 3.05) is 0 Å². The maximum Gasteiger partial charge on any atom is 0.297 e. The first-order valence-corrected chi connectivity index (χ1v) is 7.88. The van der Waals surface area contributed by atoms with E-state index in [1.807, 2.05) is 18.2 Å². The van der Waals surface area contributed by atoms with E-state index in [0.717, 1.165) is 16.2 Å². The Balaban J connectivity index is 2.17. The summed E-state index contributed by atoms with van der Waals surface area (Å²) < 4.78 is 1.44. The summed E-state index contributed by atoms with van der Waals surface area (Å²) in [7, 11) is 0. The molecule has 0 N–H and O–H groups in total. The Morgan fingerprint density at radius 3 is 2.56 bits per heavy atom. The summed E-state index contributed by atoms with van der Waals surface area (Å²) in [5.74, 6) is 0. The standard InChI is InChI=1S/C18H8ClN3O3/c19-12-8-7-11-15-9(12)3-1-4-10(15)17-20-16-13(21(17)18(11)23)5-2-6-14(16)22(24)25/h1-8H. The monoisotopic (exact) mass is 349 g/mol. The van der Waals surface area contributed by atoms with Crippen molar-refractivity contribution in [1.82, 2.24) is 9.38 Å². The lowest BCUT2D eigenvalue weighted by Crippen LogP contribution is -2.13. The van der Waals surface area contributed by atoms with Crippen molar-refractivity contribution in [1.29, 1.82) is 0 Å². The van der Waals surface area contributed by atoms with Gasteiger partial charge < -0.3 is 0 Å². The van der Waals surface area contributed by atoms with Crippen molar-refractivity contribution in [2.24, 2.45) is 0 Å². The number of rotatable bonds is 1. The van der Waals surface area contributed by atoms with Gasteiger partial charge in [0.2, 0.25) is 0 Å². The SMILES string of the molecule is O=c1c2ccc(Cl)c3cccc(c32)c2nc3c([N+](=O)[O-])cccc3n12. The number of hydrogen-bond acceptors (Lipinski definition) is 4. The van der Waals surface area contributed by atoms with Gasteiger partial charge in [-0.3, -0.25) is 19.3 Å². The third kappa shape index (κ3) is 1.69. The average molecular weight is 350 g/mol. The fourth-order valence-corrected chi connectivity index (χ4v) is 3.69. The fraction of sp³-hybridized carbons (Fsp3) is 0. The minimum absolute atomic E-state index is 0.124. The van der Waals surface area contributed by atoms with Crippen molar-refractivity contribution < 1.29 is 4.92 Å². The van der Waals surface area contributed by atoms with Crippen molar-refractivity contribution in [3.8, 4) is 0 Å². The van der Waals surface area contributed by atoms with Crippen LogP contribution in [0.1, 0.15) is 0 Å². The fourth-order valence-electron chi connectivity index (χ4n) is 3.47. The van der Waals surface area contributed by atoms with Crippen LogP contribution >= 0.6 is 11.6 Å². The summed E-state index contributed by atoms with van der Waals surface area (Å²) in [5, 5.41) is 14.6. The number of non-ortho nitro benzene ring substituents is 1. The third-order valence-electron chi connectivity index (χ3n) is 4.52. The highest BCUT2D eigenvalue weighted by molar-refractivity contribution is 6.37. The third-order valence-corrected chi connectivity index (χ3v) is 4.85. The van der Waals surface area contributed by atoms with Crippen LogP contribution in [0.4, 0.5) is 5.69 Å². The number of nitro groups is 1. The van der Waals surface area contributed by atoms with Gasteiger partial charge in [0.1, 0.15) is 5.65 Å². The summed E-state index contributed by atoms with van der Waals surface area (Å²) in [4.78, 5) is 28.3. The maximum absolute atomic E-state index is 13.1. The Kier molecular flexibility index (Phi) is 2.62. The molecule has 0 atom stereocenters. The molecule has 0 saturated heterocycles. The summed E-state index contributed by atoms with van der Waals surface area (Å²) >= 11 is 6.27. The van der Waals surface area contributed by atoms with Crippen LogP contribution in [0.2, 0.25) is 5.02 Å². The van der Waals surface area contributed by atoms with E-state index in [9.17, 15) is 14.9 Å². The molecule has 0 fully saturated rings. The van der Waals surface area contributed by atoms with Gasteiger partial charge in [-0.25, -0.2) is 4.98 Å². The van der Waals surface area contributed by atoms with E-state index in [0.29, 0.717) is 21.6 Å². The zero-order valence-corrected chi connectivity index (χ0v) is 13.3. The van der Waals surface area contributed by atoms with Gasteiger partial charge in [0.15, 0.2) is 5.52 Å². The van der Waals surface area contributed by atoms with E-state index in [1.165, 1.54) is 10.5 Å². The number of hydrogen-bond donors (Lipinski definition) is 0. The molecule has 0 saturated carbocycles. The van der Waals surface area contributed by atoms with E-state index in [2.05, 4.69) is 4.98 Å². The number of imidazole rings is 1. The molecule has 0 spiro atoms. The molecule has 0 aliphatic rings. The predicted molar refractivity (Wildman–Crippen MR) is 96.8 cm³/mol. The van der Waals surface area contributed by atoms with Gasteiger partial charge in [0, 0.05) is 32.6 Å². The molecular formula is C18H8ClN3O3. The Labute approximate surface area is 144 Å². The number of fused-ring (bicyclic) bond motifs is 4. The number of nitrogens with zero attached hydrogens (tertiary/aromatic N) is 3. The molecule has 25 heavy (non-hydrogen) atoms. The zero-order valence-electron chi connectivity index (χ0n) is 12.6. The molecule has 5 aromatic rings. The second-order valence-electron chi connectivity index (χ2n) is 5.80. The van der Waals surface area contributed by atoms with Crippen LogP contribution in [0, 0.1) is 10.1 Å². The lowest BCUT2D eigenvalue weighted by Gasteiger charge is -2.08. The molecule has 0 bridgehead atoms. The first kappa shape index (κ1) is 14.1. The number of para-hydroxylation sites is 1. The Morgan fingerprint density at radius 1 is 1.00 bits per heavy atom. The second kappa shape index (κ2) is 4.64. The first-order chi connectivity index (χ1) is 12.1. The average Bonchev–Trinajstić information content (AvgIpc) is 3.00. The highest BCUT2D eigenvalue weighted by atomic mass is 35.5. The van der Waals surface area contributed by atoms with Gasteiger partial charge in [-0.15, -0.1) is 0 Å². The lowest BCUT2D eigenvalue weighted by atomic mass is 10.0. The van der Waals surface area contributed by atoms with Gasteiger partial charge in [-0.2, -0.15) is 0 Å². The quantitative estimate of drug-likeness (QED) is 0.336. The number of benzene rings is 3. The van der Waals surface area contributed by atoms with Gasteiger partial charge in [-0.1, -0.05) is 35.9 Å². The minimum Gasteiger partial charge on any atom is -0.268 e. The molecule has 0 radical (unpaired) electrons. The number of halogens is 1. The molecule has 6 nitrogen and oxygen atoms in total. The summed E-state index contributed by atoms with van der Waals surface area (Å²) in [6.07, 6.45) is 0. The van der Waals surface area contributed by atoms with Gasteiger partial charge in [0.05, 0.1) is 10.4 Å².